The van der Waals surface area contributed by atoms with Gasteiger partial charge in [0, 0.05) is 12.0 Å². The van der Waals surface area contributed by atoms with Gasteiger partial charge < -0.3 is 10.0 Å². The SMILES string of the molecule is O[C@@H](CN1CCCCC1)C1(c2ccc(Cl)c(Cl)c2)CCC1. The van der Waals surface area contributed by atoms with E-state index in [1.54, 1.807) is 0 Å². The van der Waals surface area contributed by atoms with E-state index < -0.39 is 0 Å². The topological polar surface area (TPSA) is 23.5 Å². The lowest BCUT2D eigenvalue weighted by molar-refractivity contribution is -0.00125. The Hall–Kier alpha value is -0.280. The van der Waals surface area contributed by atoms with Crippen LogP contribution in [0.1, 0.15) is 44.1 Å². The van der Waals surface area contributed by atoms with Crippen molar-refractivity contribution in [2.75, 3.05) is 19.6 Å². The molecule has 2 nitrogen and oxygen atoms in total. The highest BCUT2D eigenvalue weighted by Gasteiger charge is 2.45. The molecule has 0 spiro atoms. The van der Waals surface area contributed by atoms with Crippen molar-refractivity contribution < 1.29 is 5.11 Å². The molecule has 4 heteroatoms. The number of nitrogens with zero attached hydrogens (tertiary/aromatic N) is 1. The Bertz CT molecular complexity index is 496. The first kappa shape index (κ1) is 15.6. The highest BCUT2D eigenvalue weighted by molar-refractivity contribution is 6.42. The van der Waals surface area contributed by atoms with Crippen LogP contribution in [0.3, 0.4) is 0 Å². The molecule has 1 aliphatic heterocycles. The highest BCUT2D eigenvalue weighted by atomic mass is 35.5. The molecule has 1 heterocycles. The molecule has 1 N–H and O–H groups in total. The second kappa shape index (κ2) is 6.45. The van der Waals surface area contributed by atoms with Crippen LogP contribution in [0, 0.1) is 0 Å². The molecule has 0 bridgehead atoms. The molecular weight excluding hydrogens is 305 g/mol. The average Bonchev–Trinajstić information content (AvgIpc) is 2.42. The number of likely N-dealkylation sites (tertiary alicyclic amines) is 1. The Balaban J connectivity index is 1.76. The predicted octanol–water partition coefficient (Wildman–Crippen LogP) is 4.26. The van der Waals surface area contributed by atoms with Crippen LogP contribution in [0.25, 0.3) is 0 Å². The maximum Gasteiger partial charge on any atom is 0.0763 e. The third-order valence-corrected chi connectivity index (χ3v) is 6.00. The molecule has 0 amide bonds. The van der Waals surface area contributed by atoms with E-state index in [-0.39, 0.29) is 11.5 Å². The smallest absolute Gasteiger partial charge is 0.0763 e. The predicted molar refractivity (Wildman–Crippen MR) is 88.3 cm³/mol. The van der Waals surface area contributed by atoms with E-state index in [4.69, 9.17) is 23.2 Å². The average molecular weight is 328 g/mol. The van der Waals surface area contributed by atoms with Gasteiger partial charge in [0.2, 0.25) is 0 Å². The monoisotopic (exact) mass is 327 g/mol. The molecule has 1 aliphatic carbocycles. The number of hydrogen-bond donors (Lipinski definition) is 1. The molecule has 2 aliphatic rings. The molecule has 116 valence electrons. The van der Waals surface area contributed by atoms with Gasteiger partial charge in [0.1, 0.15) is 0 Å². The van der Waals surface area contributed by atoms with E-state index in [0.29, 0.717) is 10.0 Å². The minimum absolute atomic E-state index is 0.119. The van der Waals surface area contributed by atoms with E-state index in [1.807, 2.05) is 18.2 Å². The minimum atomic E-state index is -0.318. The highest BCUT2D eigenvalue weighted by Crippen LogP contribution is 2.47. The molecule has 1 atom stereocenters. The fourth-order valence-corrected chi connectivity index (χ4v) is 4.04. The van der Waals surface area contributed by atoms with E-state index in [9.17, 15) is 5.11 Å². The summed E-state index contributed by atoms with van der Waals surface area (Å²) >= 11 is 12.2. The Labute approximate surface area is 137 Å². The standard InChI is InChI=1S/C17H23Cl2NO/c18-14-6-5-13(11-15(14)19)17(7-4-8-17)16(21)12-20-9-2-1-3-10-20/h5-6,11,16,21H,1-4,7-10,12H2/t16-/m0/s1. The summed E-state index contributed by atoms with van der Waals surface area (Å²) in [6, 6.07) is 5.84. The third-order valence-electron chi connectivity index (χ3n) is 5.26. The summed E-state index contributed by atoms with van der Waals surface area (Å²) in [5, 5.41) is 12.0. The number of hydrogen-bond acceptors (Lipinski definition) is 2. The van der Waals surface area contributed by atoms with Crippen molar-refractivity contribution in [2.45, 2.75) is 50.0 Å². The Morgan fingerprint density at radius 2 is 1.76 bits per heavy atom. The molecule has 0 radical (unpaired) electrons. The Kier molecular flexibility index (Phi) is 4.80. The maximum absolute atomic E-state index is 10.9. The summed E-state index contributed by atoms with van der Waals surface area (Å²) in [5.41, 5.74) is 1.03. The molecular formula is C17H23Cl2NO. The quantitative estimate of drug-likeness (QED) is 0.893. The molecule has 0 unspecified atom stereocenters. The van der Waals surface area contributed by atoms with Gasteiger partial charge in [-0.25, -0.2) is 0 Å². The van der Waals surface area contributed by atoms with Crippen LogP contribution in [0.5, 0.6) is 0 Å². The lowest BCUT2D eigenvalue weighted by Crippen LogP contribution is -2.51. The van der Waals surface area contributed by atoms with E-state index in [2.05, 4.69) is 4.90 Å². The number of rotatable bonds is 4. The van der Waals surface area contributed by atoms with Gasteiger partial charge in [-0.1, -0.05) is 42.1 Å². The van der Waals surface area contributed by atoms with Crippen molar-refractivity contribution in [2.24, 2.45) is 0 Å². The van der Waals surface area contributed by atoms with Crippen LogP contribution in [0.2, 0.25) is 10.0 Å². The van der Waals surface area contributed by atoms with Crippen LogP contribution in [0.15, 0.2) is 18.2 Å². The summed E-state index contributed by atoms with van der Waals surface area (Å²) in [5.74, 6) is 0. The van der Waals surface area contributed by atoms with Gasteiger partial charge in [0.25, 0.3) is 0 Å². The molecule has 1 saturated heterocycles. The van der Waals surface area contributed by atoms with Crippen LogP contribution >= 0.6 is 23.2 Å². The van der Waals surface area contributed by atoms with Crippen molar-refractivity contribution in [3.63, 3.8) is 0 Å². The normalized spacial score (nSPS) is 23.6. The van der Waals surface area contributed by atoms with Crippen molar-refractivity contribution in [3.8, 4) is 0 Å². The number of halogens is 2. The Morgan fingerprint density at radius 1 is 1.05 bits per heavy atom. The number of benzene rings is 1. The Morgan fingerprint density at radius 3 is 2.33 bits per heavy atom. The van der Waals surface area contributed by atoms with Crippen LogP contribution in [-0.4, -0.2) is 35.7 Å². The zero-order chi connectivity index (χ0) is 14.9. The first-order valence-corrected chi connectivity index (χ1v) is 8.73. The first-order chi connectivity index (χ1) is 10.1. The summed E-state index contributed by atoms with van der Waals surface area (Å²) in [6.07, 6.45) is 6.78. The molecule has 1 aromatic rings. The van der Waals surface area contributed by atoms with Crippen molar-refractivity contribution in [3.05, 3.63) is 33.8 Å². The fraction of sp³-hybridized carbons (Fsp3) is 0.647. The maximum atomic E-state index is 10.9. The first-order valence-electron chi connectivity index (χ1n) is 7.98. The number of aliphatic hydroxyl groups is 1. The molecule has 0 aromatic heterocycles. The summed E-state index contributed by atoms with van der Waals surface area (Å²) in [4.78, 5) is 2.41. The zero-order valence-corrected chi connectivity index (χ0v) is 13.8. The van der Waals surface area contributed by atoms with Crippen molar-refractivity contribution in [1.82, 2.24) is 4.90 Å². The van der Waals surface area contributed by atoms with Gasteiger partial charge in [-0.3, -0.25) is 0 Å². The molecule has 21 heavy (non-hydrogen) atoms. The van der Waals surface area contributed by atoms with Gasteiger partial charge in [0.05, 0.1) is 16.1 Å². The summed E-state index contributed by atoms with van der Waals surface area (Å²) in [7, 11) is 0. The summed E-state index contributed by atoms with van der Waals surface area (Å²) in [6.45, 7) is 3.02. The van der Waals surface area contributed by atoms with Gasteiger partial charge >= 0.3 is 0 Å². The molecule has 3 rings (SSSR count). The molecule has 2 fully saturated rings. The van der Waals surface area contributed by atoms with Crippen LogP contribution < -0.4 is 0 Å². The van der Waals surface area contributed by atoms with Gasteiger partial charge in [-0.05, 0) is 56.5 Å². The number of piperidine rings is 1. The molecule has 1 saturated carbocycles. The fourth-order valence-electron chi connectivity index (χ4n) is 3.74. The van der Waals surface area contributed by atoms with Gasteiger partial charge in [0.15, 0.2) is 0 Å². The van der Waals surface area contributed by atoms with Crippen molar-refractivity contribution in [1.29, 1.82) is 0 Å². The van der Waals surface area contributed by atoms with E-state index >= 15 is 0 Å². The van der Waals surface area contributed by atoms with Crippen LogP contribution in [-0.2, 0) is 5.41 Å². The minimum Gasteiger partial charge on any atom is -0.391 e. The van der Waals surface area contributed by atoms with Gasteiger partial charge in [-0.15, -0.1) is 0 Å². The third kappa shape index (κ3) is 3.10. The van der Waals surface area contributed by atoms with Gasteiger partial charge in [-0.2, -0.15) is 0 Å². The zero-order valence-electron chi connectivity index (χ0n) is 12.3. The second-order valence-corrected chi connectivity index (χ2v) is 7.33. The van der Waals surface area contributed by atoms with E-state index in [1.165, 1.54) is 25.7 Å². The summed E-state index contributed by atoms with van der Waals surface area (Å²) < 4.78 is 0. The second-order valence-electron chi connectivity index (χ2n) is 6.52. The largest absolute Gasteiger partial charge is 0.391 e. The molecule has 1 aromatic carbocycles. The lowest BCUT2D eigenvalue weighted by Gasteiger charge is -2.47. The van der Waals surface area contributed by atoms with Crippen LogP contribution in [0.4, 0.5) is 0 Å². The van der Waals surface area contributed by atoms with E-state index in [0.717, 1.165) is 38.0 Å². The lowest BCUT2D eigenvalue weighted by atomic mass is 9.61. The van der Waals surface area contributed by atoms with Crippen molar-refractivity contribution >= 4 is 23.2 Å². The number of aliphatic hydroxyl groups excluding tert-OH is 1. The number of β-amino-alcohol motifs (C(OH)–C–C–N with tert-alkyl or cyclic N) is 1.